The number of carbonyl (C=O) groups is 2. The second-order valence-corrected chi connectivity index (χ2v) is 8.23. The topological polar surface area (TPSA) is 94.8 Å². The van der Waals surface area contributed by atoms with Crippen molar-refractivity contribution in [3.05, 3.63) is 45.2 Å². The largest absolute Gasteiger partial charge is 0.462 e. The molecule has 1 amide bonds. The molecule has 0 bridgehead atoms. The van der Waals surface area contributed by atoms with Gasteiger partial charge in [0.15, 0.2) is 14.6 Å². The van der Waals surface area contributed by atoms with Gasteiger partial charge in [0.2, 0.25) is 0 Å². The lowest BCUT2D eigenvalue weighted by atomic mass is 10.2. The highest BCUT2D eigenvalue weighted by atomic mass is 32.2. The first-order chi connectivity index (χ1) is 11.7. The zero-order valence-corrected chi connectivity index (χ0v) is 15.9. The van der Waals surface area contributed by atoms with Gasteiger partial charge in [0.1, 0.15) is 4.88 Å². The third kappa shape index (κ3) is 4.05. The number of esters is 1. The summed E-state index contributed by atoms with van der Waals surface area (Å²) in [6, 6.07) is 5.89. The lowest BCUT2D eigenvalue weighted by Crippen LogP contribution is -2.16. The van der Waals surface area contributed by atoms with Crippen LogP contribution in [0.25, 0.3) is 0 Å². The lowest BCUT2D eigenvalue weighted by molar-refractivity contribution is 0.0530. The van der Waals surface area contributed by atoms with Crippen molar-refractivity contribution in [2.75, 3.05) is 12.9 Å². The van der Waals surface area contributed by atoms with Gasteiger partial charge in [-0.3, -0.25) is 4.79 Å². The number of nitrogens with zero attached hydrogens (tertiary/aromatic N) is 2. The molecule has 0 atom stereocenters. The van der Waals surface area contributed by atoms with Crippen molar-refractivity contribution in [1.82, 2.24) is 4.57 Å². The highest BCUT2D eigenvalue weighted by Crippen LogP contribution is 2.17. The SMILES string of the molecule is CCOC(=O)c1sc(=NC(=O)c2ccccc2S(C)(=O)=O)n(C)c1C. The van der Waals surface area contributed by atoms with Crippen LogP contribution < -0.4 is 4.80 Å². The molecular weight excluding hydrogens is 364 g/mol. The first-order valence-electron chi connectivity index (χ1n) is 7.38. The number of carbonyl (C=O) groups excluding carboxylic acids is 2. The Morgan fingerprint density at radius 2 is 1.92 bits per heavy atom. The summed E-state index contributed by atoms with van der Waals surface area (Å²) in [5, 5.41) is 0. The van der Waals surface area contributed by atoms with Crippen molar-refractivity contribution in [2.24, 2.45) is 12.0 Å². The van der Waals surface area contributed by atoms with Crippen LogP contribution in [0.4, 0.5) is 0 Å². The summed E-state index contributed by atoms with van der Waals surface area (Å²) in [4.78, 5) is 29.0. The Morgan fingerprint density at radius 3 is 2.52 bits per heavy atom. The summed E-state index contributed by atoms with van der Waals surface area (Å²) >= 11 is 1.02. The first kappa shape index (κ1) is 19.1. The molecule has 0 N–H and O–H groups in total. The van der Waals surface area contributed by atoms with E-state index in [0.29, 0.717) is 10.6 Å². The molecule has 0 unspecified atom stereocenters. The molecule has 9 heteroatoms. The fraction of sp³-hybridized carbons (Fsp3) is 0.312. The van der Waals surface area contributed by atoms with E-state index in [2.05, 4.69) is 4.99 Å². The van der Waals surface area contributed by atoms with E-state index in [4.69, 9.17) is 4.74 Å². The van der Waals surface area contributed by atoms with Crippen LogP contribution in [0, 0.1) is 6.92 Å². The maximum atomic E-state index is 12.5. The van der Waals surface area contributed by atoms with Gasteiger partial charge in [-0.1, -0.05) is 23.5 Å². The highest BCUT2D eigenvalue weighted by Gasteiger charge is 2.20. The minimum Gasteiger partial charge on any atom is -0.462 e. The van der Waals surface area contributed by atoms with Gasteiger partial charge in [-0.05, 0) is 26.0 Å². The molecule has 7 nitrogen and oxygen atoms in total. The quantitative estimate of drug-likeness (QED) is 0.751. The fourth-order valence-corrected chi connectivity index (χ4v) is 4.02. The van der Waals surface area contributed by atoms with Gasteiger partial charge >= 0.3 is 5.97 Å². The normalized spacial score (nSPS) is 12.2. The second kappa shape index (κ2) is 7.32. The number of sulfone groups is 1. The minimum atomic E-state index is -3.56. The summed E-state index contributed by atoms with van der Waals surface area (Å²) in [5.41, 5.74) is 0.611. The van der Waals surface area contributed by atoms with Crippen molar-refractivity contribution in [3.63, 3.8) is 0 Å². The van der Waals surface area contributed by atoms with Crippen LogP contribution in [-0.4, -0.2) is 37.7 Å². The molecule has 1 aromatic heterocycles. The molecule has 2 rings (SSSR count). The fourth-order valence-electron chi connectivity index (χ4n) is 2.13. The van der Waals surface area contributed by atoms with E-state index in [1.807, 2.05) is 0 Å². The van der Waals surface area contributed by atoms with Crippen LogP contribution in [-0.2, 0) is 21.6 Å². The van der Waals surface area contributed by atoms with E-state index in [9.17, 15) is 18.0 Å². The van der Waals surface area contributed by atoms with E-state index in [1.165, 1.54) is 12.1 Å². The van der Waals surface area contributed by atoms with Gasteiger partial charge in [0.05, 0.1) is 17.1 Å². The Hall–Kier alpha value is -2.26. The number of hydrogen-bond donors (Lipinski definition) is 0. The molecule has 0 aliphatic heterocycles. The smallest absolute Gasteiger partial charge is 0.350 e. The van der Waals surface area contributed by atoms with Crippen LogP contribution in [0.2, 0.25) is 0 Å². The second-order valence-electron chi connectivity index (χ2n) is 5.26. The Labute approximate surface area is 149 Å². The zero-order valence-electron chi connectivity index (χ0n) is 14.3. The molecule has 0 aliphatic carbocycles. The number of hydrogen-bond acceptors (Lipinski definition) is 6. The van der Waals surface area contributed by atoms with E-state index >= 15 is 0 Å². The summed E-state index contributed by atoms with van der Waals surface area (Å²) in [5.74, 6) is -1.17. The molecule has 0 fully saturated rings. The van der Waals surface area contributed by atoms with Gasteiger partial charge in [0, 0.05) is 19.0 Å². The van der Waals surface area contributed by atoms with Crippen LogP contribution in [0.3, 0.4) is 0 Å². The summed E-state index contributed by atoms with van der Waals surface area (Å²) in [6.07, 6.45) is 1.03. The number of aromatic nitrogens is 1. The van der Waals surface area contributed by atoms with E-state index < -0.39 is 21.7 Å². The van der Waals surface area contributed by atoms with Gasteiger partial charge in [-0.25, -0.2) is 13.2 Å². The van der Waals surface area contributed by atoms with Gasteiger partial charge in [-0.2, -0.15) is 4.99 Å². The number of rotatable bonds is 4. The maximum absolute atomic E-state index is 12.5. The predicted octanol–water partition coefficient (Wildman–Crippen LogP) is 1.72. The molecule has 0 spiro atoms. The van der Waals surface area contributed by atoms with Crippen LogP contribution >= 0.6 is 11.3 Å². The predicted molar refractivity (Wildman–Crippen MR) is 93.4 cm³/mol. The summed E-state index contributed by atoms with van der Waals surface area (Å²) < 4.78 is 30.3. The van der Waals surface area contributed by atoms with Crippen molar-refractivity contribution >= 4 is 33.1 Å². The van der Waals surface area contributed by atoms with Gasteiger partial charge in [0.25, 0.3) is 5.91 Å². The third-order valence-electron chi connectivity index (χ3n) is 3.49. The monoisotopic (exact) mass is 382 g/mol. The third-order valence-corrected chi connectivity index (χ3v) is 5.86. The zero-order chi connectivity index (χ0) is 18.8. The standard InChI is InChI=1S/C16H18N2O5S2/c1-5-23-15(20)13-10(2)18(3)16(24-13)17-14(19)11-8-6-7-9-12(11)25(4,21)22/h6-9H,5H2,1-4H3. The number of ether oxygens (including phenoxy) is 1. The number of amides is 1. The molecule has 1 aromatic carbocycles. The summed E-state index contributed by atoms with van der Waals surface area (Å²) in [6.45, 7) is 3.67. The van der Waals surface area contributed by atoms with Crippen molar-refractivity contribution in [1.29, 1.82) is 0 Å². The lowest BCUT2D eigenvalue weighted by Gasteiger charge is -2.03. The highest BCUT2D eigenvalue weighted by molar-refractivity contribution is 7.90. The molecule has 0 saturated heterocycles. The van der Waals surface area contributed by atoms with Gasteiger partial charge in [-0.15, -0.1) is 0 Å². The Bertz CT molecular complexity index is 1000. The Balaban J connectivity index is 2.55. The number of thiazole rings is 1. The van der Waals surface area contributed by atoms with Crippen LogP contribution in [0.1, 0.15) is 32.6 Å². The van der Waals surface area contributed by atoms with Gasteiger partial charge < -0.3 is 9.30 Å². The van der Waals surface area contributed by atoms with E-state index in [1.54, 1.807) is 37.6 Å². The molecule has 0 radical (unpaired) electrons. The molecule has 2 aromatic rings. The minimum absolute atomic E-state index is 0.00580. The van der Waals surface area contributed by atoms with Crippen molar-refractivity contribution < 1.29 is 22.7 Å². The molecular formula is C16H18N2O5S2. The molecule has 134 valence electrons. The molecule has 1 heterocycles. The van der Waals surface area contributed by atoms with Crippen molar-refractivity contribution in [2.45, 2.75) is 18.7 Å². The molecule has 0 saturated carbocycles. The average molecular weight is 382 g/mol. The summed E-state index contributed by atoms with van der Waals surface area (Å²) in [7, 11) is -1.89. The first-order valence-corrected chi connectivity index (χ1v) is 10.1. The van der Waals surface area contributed by atoms with Crippen molar-refractivity contribution in [3.8, 4) is 0 Å². The molecule has 25 heavy (non-hydrogen) atoms. The Morgan fingerprint density at radius 1 is 1.28 bits per heavy atom. The maximum Gasteiger partial charge on any atom is 0.350 e. The van der Waals surface area contributed by atoms with E-state index in [-0.39, 0.29) is 21.9 Å². The Kier molecular flexibility index (Phi) is 5.58. The van der Waals surface area contributed by atoms with Crippen LogP contribution in [0.15, 0.2) is 34.2 Å². The van der Waals surface area contributed by atoms with Crippen LogP contribution in [0.5, 0.6) is 0 Å². The number of benzene rings is 1. The average Bonchev–Trinajstić information content (AvgIpc) is 2.83. The molecule has 0 aliphatic rings. The van der Waals surface area contributed by atoms with E-state index in [0.717, 1.165) is 17.6 Å².